The Balaban J connectivity index is 1.88. The lowest BCUT2D eigenvalue weighted by molar-refractivity contribution is -0.150. The van der Waals surface area contributed by atoms with Gasteiger partial charge in [0.25, 0.3) is 11.8 Å². The van der Waals surface area contributed by atoms with E-state index in [1.165, 1.54) is 6.92 Å². The summed E-state index contributed by atoms with van der Waals surface area (Å²) in [6, 6.07) is 5.78. The van der Waals surface area contributed by atoms with Gasteiger partial charge < -0.3 is 15.4 Å². The molecule has 1 atom stereocenters. The van der Waals surface area contributed by atoms with Crippen molar-refractivity contribution in [2.45, 2.75) is 45.6 Å². The molecular formula is C20H25N3O6. The van der Waals surface area contributed by atoms with Crippen LogP contribution in [0.4, 0.5) is 10.5 Å². The number of carbonyl (C=O) groups is 5. The Bertz CT molecular complexity index is 837. The maximum Gasteiger partial charge on any atom is 0.326 e. The molecule has 0 spiro atoms. The van der Waals surface area contributed by atoms with Crippen LogP contribution in [0.25, 0.3) is 0 Å². The summed E-state index contributed by atoms with van der Waals surface area (Å²) in [5, 5.41) is 5.10. The first-order chi connectivity index (χ1) is 13.7. The van der Waals surface area contributed by atoms with Crippen molar-refractivity contribution in [2.24, 2.45) is 0 Å². The lowest BCUT2D eigenvalue weighted by Gasteiger charge is -2.21. The van der Waals surface area contributed by atoms with Gasteiger partial charge >= 0.3 is 12.0 Å². The van der Waals surface area contributed by atoms with Crippen LogP contribution in [-0.4, -0.2) is 53.2 Å². The van der Waals surface area contributed by atoms with Gasteiger partial charge in [0.15, 0.2) is 12.4 Å². The maximum atomic E-state index is 12.5. The molecule has 0 saturated carbocycles. The number of anilines is 1. The van der Waals surface area contributed by atoms with Gasteiger partial charge in [-0.1, -0.05) is 31.9 Å². The molecule has 156 valence electrons. The van der Waals surface area contributed by atoms with Gasteiger partial charge in [0, 0.05) is 5.56 Å². The molecule has 0 aromatic heterocycles. The van der Waals surface area contributed by atoms with Gasteiger partial charge in [-0.2, -0.15) is 0 Å². The Labute approximate surface area is 168 Å². The number of benzene rings is 1. The van der Waals surface area contributed by atoms with Crippen LogP contribution in [0.5, 0.6) is 0 Å². The highest BCUT2D eigenvalue weighted by Gasteiger charge is 2.47. The fourth-order valence-corrected chi connectivity index (χ4v) is 3.00. The van der Waals surface area contributed by atoms with Crippen molar-refractivity contribution in [3.8, 4) is 0 Å². The molecule has 2 rings (SSSR count). The lowest BCUT2D eigenvalue weighted by atomic mass is 9.95. The molecule has 1 aromatic rings. The van der Waals surface area contributed by atoms with Crippen molar-refractivity contribution in [3.05, 3.63) is 29.8 Å². The molecule has 2 N–H and O–H groups in total. The highest BCUT2D eigenvalue weighted by atomic mass is 16.5. The highest BCUT2D eigenvalue weighted by molar-refractivity contribution is 6.08. The molecule has 1 saturated heterocycles. The lowest BCUT2D eigenvalue weighted by Crippen LogP contribution is -2.44. The molecule has 0 aliphatic carbocycles. The summed E-state index contributed by atoms with van der Waals surface area (Å²) < 4.78 is 4.87. The number of amides is 4. The van der Waals surface area contributed by atoms with Gasteiger partial charge in [0.05, 0.1) is 5.69 Å². The van der Waals surface area contributed by atoms with E-state index in [-0.39, 0.29) is 5.78 Å². The van der Waals surface area contributed by atoms with E-state index in [9.17, 15) is 24.0 Å². The number of imide groups is 1. The first-order valence-corrected chi connectivity index (χ1v) is 9.37. The third-order valence-electron chi connectivity index (χ3n) is 4.61. The summed E-state index contributed by atoms with van der Waals surface area (Å²) in [6.07, 6.45) is 2.09. The second-order valence-corrected chi connectivity index (χ2v) is 7.07. The molecule has 1 aliphatic heterocycles. The molecule has 29 heavy (non-hydrogen) atoms. The third kappa shape index (κ3) is 5.40. The summed E-state index contributed by atoms with van der Waals surface area (Å²) in [6.45, 7) is 3.77. The zero-order valence-electron chi connectivity index (χ0n) is 16.7. The maximum absolute atomic E-state index is 12.5. The number of Topliss-reactive ketones (excluding diaryl/α,β-unsaturated/α-hetero) is 1. The van der Waals surface area contributed by atoms with Crippen LogP contribution >= 0.6 is 0 Å². The van der Waals surface area contributed by atoms with Crippen LogP contribution in [0, 0.1) is 0 Å². The van der Waals surface area contributed by atoms with Gasteiger partial charge in [0.1, 0.15) is 12.1 Å². The molecule has 4 amide bonds. The Kier molecular flexibility index (Phi) is 7.08. The number of rotatable bonds is 9. The molecule has 1 heterocycles. The highest BCUT2D eigenvalue weighted by Crippen LogP contribution is 2.23. The molecule has 9 nitrogen and oxygen atoms in total. The van der Waals surface area contributed by atoms with Crippen LogP contribution in [0.2, 0.25) is 0 Å². The Hall–Kier alpha value is -3.23. The van der Waals surface area contributed by atoms with E-state index in [0.29, 0.717) is 17.7 Å². The predicted octanol–water partition coefficient (Wildman–Crippen LogP) is 1.87. The zero-order chi connectivity index (χ0) is 21.6. The zero-order valence-corrected chi connectivity index (χ0v) is 16.7. The number of hydrogen-bond donors (Lipinski definition) is 2. The number of nitrogens with zero attached hydrogens (tertiary/aromatic N) is 1. The number of esters is 1. The average Bonchev–Trinajstić information content (AvgIpc) is 2.88. The summed E-state index contributed by atoms with van der Waals surface area (Å²) in [7, 11) is 0. The first kappa shape index (κ1) is 22.1. The van der Waals surface area contributed by atoms with E-state index in [4.69, 9.17) is 4.74 Å². The van der Waals surface area contributed by atoms with Gasteiger partial charge in [0.2, 0.25) is 0 Å². The summed E-state index contributed by atoms with van der Waals surface area (Å²) in [4.78, 5) is 60.9. The number of urea groups is 1. The standard InChI is InChI=1S/C20H25N3O6/c1-4-5-10-20(3)18(27)23(19(28)22-20)11-17(26)29-12-16(25)21-15-9-7-6-8-14(15)13(2)24/h6-9H,4-5,10-12H2,1-3H3,(H,21,25)(H,22,28)/t20-/m1/s1. The van der Waals surface area contributed by atoms with Crippen molar-refractivity contribution in [2.75, 3.05) is 18.5 Å². The number of ketones is 1. The molecule has 0 unspecified atom stereocenters. The second-order valence-electron chi connectivity index (χ2n) is 7.07. The van der Waals surface area contributed by atoms with Crippen molar-refractivity contribution in [3.63, 3.8) is 0 Å². The van der Waals surface area contributed by atoms with E-state index in [1.807, 2.05) is 6.92 Å². The number of nitrogens with one attached hydrogen (secondary N) is 2. The fraction of sp³-hybridized carbons (Fsp3) is 0.450. The largest absolute Gasteiger partial charge is 0.454 e. The Morgan fingerprint density at radius 2 is 1.90 bits per heavy atom. The van der Waals surface area contributed by atoms with E-state index < -0.39 is 42.5 Å². The average molecular weight is 403 g/mol. The summed E-state index contributed by atoms with van der Waals surface area (Å²) in [5.74, 6) is -2.24. The van der Waals surface area contributed by atoms with Gasteiger partial charge in [-0.05, 0) is 32.4 Å². The van der Waals surface area contributed by atoms with Crippen LogP contribution in [0.3, 0.4) is 0 Å². The van der Waals surface area contributed by atoms with E-state index >= 15 is 0 Å². The fourth-order valence-electron chi connectivity index (χ4n) is 3.00. The molecule has 1 aliphatic rings. The third-order valence-corrected chi connectivity index (χ3v) is 4.61. The van der Waals surface area contributed by atoms with Gasteiger partial charge in [-0.25, -0.2) is 4.79 Å². The van der Waals surface area contributed by atoms with E-state index in [1.54, 1.807) is 31.2 Å². The normalized spacial score (nSPS) is 18.4. The van der Waals surface area contributed by atoms with Crippen molar-refractivity contribution in [1.82, 2.24) is 10.2 Å². The number of ether oxygens (including phenoxy) is 1. The molecule has 1 fully saturated rings. The molecular weight excluding hydrogens is 378 g/mol. The predicted molar refractivity (Wildman–Crippen MR) is 104 cm³/mol. The smallest absolute Gasteiger partial charge is 0.326 e. The van der Waals surface area contributed by atoms with Crippen molar-refractivity contribution < 1.29 is 28.7 Å². The molecule has 0 radical (unpaired) electrons. The van der Waals surface area contributed by atoms with Gasteiger partial charge in [-0.3, -0.25) is 24.1 Å². The first-order valence-electron chi connectivity index (χ1n) is 9.37. The van der Waals surface area contributed by atoms with Crippen LogP contribution < -0.4 is 10.6 Å². The van der Waals surface area contributed by atoms with Gasteiger partial charge in [-0.15, -0.1) is 0 Å². The van der Waals surface area contributed by atoms with Crippen molar-refractivity contribution >= 4 is 35.3 Å². The van der Waals surface area contributed by atoms with Crippen molar-refractivity contribution in [1.29, 1.82) is 0 Å². The number of carbonyl (C=O) groups excluding carboxylic acids is 5. The monoisotopic (exact) mass is 403 g/mol. The van der Waals surface area contributed by atoms with Crippen LogP contribution in [0.15, 0.2) is 24.3 Å². The molecule has 0 bridgehead atoms. The van der Waals surface area contributed by atoms with Crippen LogP contribution in [-0.2, 0) is 19.1 Å². The summed E-state index contributed by atoms with van der Waals surface area (Å²) >= 11 is 0. The minimum atomic E-state index is -1.04. The topological polar surface area (TPSA) is 122 Å². The number of hydrogen-bond acceptors (Lipinski definition) is 6. The number of para-hydroxylation sites is 1. The van der Waals surface area contributed by atoms with E-state index in [2.05, 4.69) is 10.6 Å². The Morgan fingerprint density at radius 1 is 1.21 bits per heavy atom. The Morgan fingerprint density at radius 3 is 2.55 bits per heavy atom. The molecule has 9 heteroatoms. The molecule has 1 aromatic carbocycles. The SMILES string of the molecule is CCCC[C@@]1(C)NC(=O)N(CC(=O)OCC(=O)Nc2ccccc2C(C)=O)C1=O. The minimum absolute atomic E-state index is 0.220. The van der Waals surface area contributed by atoms with E-state index in [0.717, 1.165) is 17.7 Å². The quantitative estimate of drug-likeness (QED) is 0.369. The van der Waals surface area contributed by atoms with Crippen LogP contribution in [0.1, 0.15) is 50.4 Å². The number of unbranched alkanes of at least 4 members (excludes halogenated alkanes) is 1. The summed E-state index contributed by atoms with van der Waals surface area (Å²) in [5.41, 5.74) is -0.402. The minimum Gasteiger partial charge on any atom is -0.454 e. The second kappa shape index (κ2) is 9.31.